The Balaban J connectivity index is 1.15. The van der Waals surface area contributed by atoms with E-state index < -0.39 is 17.7 Å². The summed E-state index contributed by atoms with van der Waals surface area (Å²) in [6.45, 7) is 0. The molecule has 0 unspecified atom stereocenters. The maximum absolute atomic E-state index is 13.8. The number of pyridine rings is 1. The molecule has 6 rings (SSSR count). The van der Waals surface area contributed by atoms with Gasteiger partial charge in [0.25, 0.3) is 0 Å². The van der Waals surface area contributed by atoms with Crippen LogP contribution in [0.5, 0.6) is 17.2 Å². The molecule has 3 aromatic rings. The van der Waals surface area contributed by atoms with E-state index in [1.165, 1.54) is 12.1 Å². The van der Waals surface area contributed by atoms with Gasteiger partial charge in [0, 0.05) is 23.7 Å². The zero-order valence-electron chi connectivity index (χ0n) is 17.6. The SMILES string of the molecule is O=C1CCc2c(Oc3ccc4c(c3)[C@H]3[C@@H](NC(=O)Nc5cccc(F)c5F)[C@H]3O4)ccnc2N1. The van der Waals surface area contributed by atoms with Crippen molar-refractivity contribution in [1.29, 1.82) is 0 Å². The minimum atomic E-state index is -1.12. The molecule has 0 radical (unpaired) electrons. The summed E-state index contributed by atoms with van der Waals surface area (Å²) in [5.41, 5.74) is 1.49. The summed E-state index contributed by atoms with van der Waals surface area (Å²) in [6, 6.07) is 9.84. The summed E-state index contributed by atoms with van der Waals surface area (Å²) in [4.78, 5) is 28.1. The van der Waals surface area contributed by atoms with Crippen molar-refractivity contribution in [3.05, 3.63) is 71.4 Å². The van der Waals surface area contributed by atoms with Crippen LogP contribution in [0.15, 0.2) is 48.7 Å². The number of nitrogens with one attached hydrogen (secondary N) is 3. The van der Waals surface area contributed by atoms with Gasteiger partial charge in [0.2, 0.25) is 5.91 Å². The second kappa shape index (κ2) is 7.68. The molecule has 1 saturated carbocycles. The summed E-state index contributed by atoms with van der Waals surface area (Å²) in [5.74, 6) is 0.111. The number of fused-ring (bicyclic) bond motifs is 4. The Bertz CT molecular complexity index is 1350. The summed E-state index contributed by atoms with van der Waals surface area (Å²) >= 11 is 0. The van der Waals surface area contributed by atoms with Crippen LogP contribution in [-0.4, -0.2) is 29.1 Å². The molecule has 34 heavy (non-hydrogen) atoms. The summed E-state index contributed by atoms with van der Waals surface area (Å²) < 4.78 is 39.2. The number of ether oxygens (including phenoxy) is 2. The summed E-state index contributed by atoms with van der Waals surface area (Å²) in [7, 11) is 0. The zero-order chi connectivity index (χ0) is 23.4. The first-order valence-corrected chi connectivity index (χ1v) is 10.8. The van der Waals surface area contributed by atoms with Gasteiger partial charge in [0.05, 0.1) is 17.6 Å². The van der Waals surface area contributed by atoms with Crippen LogP contribution in [0, 0.1) is 11.6 Å². The van der Waals surface area contributed by atoms with E-state index >= 15 is 0 Å². The van der Waals surface area contributed by atoms with Crippen LogP contribution in [0.4, 0.5) is 25.1 Å². The van der Waals surface area contributed by atoms with Crippen LogP contribution < -0.4 is 25.4 Å². The summed E-state index contributed by atoms with van der Waals surface area (Å²) in [5, 5.41) is 7.83. The van der Waals surface area contributed by atoms with E-state index in [0.29, 0.717) is 35.9 Å². The normalized spacial score (nSPS) is 21.4. The Hall–Kier alpha value is -4.21. The lowest BCUT2D eigenvalue weighted by atomic mass is 10.1. The van der Waals surface area contributed by atoms with Crippen molar-refractivity contribution in [1.82, 2.24) is 10.3 Å². The largest absolute Gasteiger partial charge is 0.487 e. The Labute approximate surface area is 192 Å². The van der Waals surface area contributed by atoms with Gasteiger partial charge < -0.3 is 25.4 Å². The van der Waals surface area contributed by atoms with E-state index in [2.05, 4.69) is 20.9 Å². The van der Waals surface area contributed by atoms with Gasteiger partial charge in [-0.25, -0.2) is 18.6 Å². The van der Waals surface area contributed by atoms with Gasteiger partial charge in [-0.1, -0.05) is 6.07 Å². The molecule has 3 N–H and O–H groups in total. The predicted octanol–water partition coefficient (Wildman–Crippen LogP) is 4.09. The van der Waals surface area contributed by atoms with E-state index in [4.69, 9.17) is 9.47 Å². The third kappa shape index (κ3) is 3.47. The molecule has 3 heterocycles. The third-order valence-electron chi connectivity index (χ3n) is 6.16. The maximum atomic E-state index is 13.8. The van der Waals surface area contributed by atoms with Gasteiger partial charge in [-0.3, -0.25) is 4.79 Å². The fourth-order valence-corrected chi connectivity index (χ4v) is 4.47. The number of amides is 3. The molecule has 172 valence electrons. The minimum Gasteiger partial charge on any atom is -0.487 e. The molecule has 0 bridgehead atoms. The lowest BCUT2D eigenvalue weighted by molar-refractivity contribution is -0.116. The highest BCUT2D eigenvalue weighted by Crippen LogP contribution is 2.54. The van der Waals surface area contributed by atoms with Crippen LogP contribution >= 0.6 is 0 Å². The molecule has 8 nitrogen and oxygen atoms in total. The molecular formula is C24H18F2N4O4. The van der Waals surface area contributed by atoms with Gasteiger partial charge in [0.1, 0.15) is 29.2 Å². The Kier molecular flexibility index (Phi) is 4.61. The molecule has 3 atom stereocenters. The van der Waals surface area contributed by atoms with Crippen molar-refractivity contribution < 1.29 is 27.8 Å². The first-order valence-electron chi connectivity index (χ1n) is 10.8. The summed E-state index contributed by atoms with van der Waals surface area (Å²) in [6.07, 6.45) is 2.24. The molecule has 1 aliphatic carbocycles. The lowest BCUT2D eigenvalue weighted by Gasteiger charge is -2.19. The number of hydrogen-bond donors (Lipinski definition) is 3. The van der Waals surface area contributed by atoms with Crippen LogP contribution in [0.25, 0.3) is 0 Å². The van der Waals surface area contributed by atoms with Crippen molar-refractivity contribution in [2.24, 2.45) is 0 Å². The second-order valence-electron chi connectivity index (χ2n) is 8.32. The van der Waals surface area contributed by atoms with Gasteiger partial charge in [-0.2, -0.15) is 0 Å². The highest BCUT2D eigenvalue weighted by atomic mass is 19.2. The number of benzene rings is 2. The number of carbonyl (C=O) groups excluding carboxylic acids is 2. The molecule has 1 fully saturated rings. The highest BCUT2D eigenvalue weighted by Gasteiger charge is 2.59. The maximum Gasteiger partial charge on any atom is 0.319 e. The van der Waals surface area contributed by atoms with E-state index in [1.807, 2.05) is 12.1 Å². The Morgan fingerprint density at radius 3 is 2.94 bits per heavy atom. The predicted molar refractivity (Wildman–Crippen MR) is 117 cm³/mol. The van der Waals surface area contributed by atoms with Gasteiger partial charge in [-0.15, -0.1) is 0 Å². The molecule has 2 aliphatic heterocycles. The number of hydrogen-bond acceptors (Lipinski definition) is 5. The number of aromatic nitrogens is 1. The van der Waals surface area contributed by atoms with E-state index in [0.717, 1.165) is 17.2 Å². The second-order valence-corrected chi connectivity index (χ2v) is 8.32. The molecule has 1 aromatic heterocycles. The Morgan fingerprint density at radius 1 is 1.18 bits per heavy atom. The van der Waals surface area contributed by atoms with E-state index in [9.17, 15) is 18.4 Å². The molecular weight excluding hydrogens is 446 g/mol. The van der Waals surface area contributed by atoms with Gasteiger partial charge in [0.15, 0.2) is 11.6 Å². The standard InChI is InChI=1S/C24H18F2N4O4/c25-14-2-1-3-15(20(14)26)28-24(32)30-21-19-13-10-11(4-6-16(13)34-22(19)21)33-17-8-9-27-23-12(17)5-7-18(31)29-23/h1-4,6,8-10,19,21-22H,5,7H2,(H,27,29,31)(H2,28,30,32)/t19-,21+,22-/m0/s1. The molecule has 0 spiro atoms. The fourth-order valence-electron chi connectivity index (χ4n) is 4.47. The average molecular weight is 464 g/mol. The quantitative estimate of drug-likeness (QED) is 0.540. The average Bonchev–Trinajstić information content (AvgIpc) is 3.33. The number of anilines is 2. The third-order valence-corrected chi connectivity index (χ3v) is 6.16. The van der Waals surface area contributed by atoms with Crippen LogP contribution in [0.3, 0.4) is 0 Å². The first-order chi connectivity index (χ1) is 16.5. The van der Waals surface area contributed by atoms with Crippen molar-refractivity contribution in [3.8, 4) is 17.2 Å². The number of nitrogens with zero attached hydrogens (tertiary/aromatic N) is 1. The van der Waals surface area contributed by atoms with Crippen LogP contribution in [0.1, 0.15) is 23.5 Å². The van der Waals surface area contributed by atoms with Crippen molar-refractivity contribution in [2.45, 2.75) is 30.9 Å². The van der Waals surface area contributed by atoms with Gasteiger partial charge >= 0.3 is 6.03 Å². The minimum absolute atomic E-state index is 0.0747. The van der Waals surface area contributed by atoms with Crippen molar-refractivity contribution in [2.75, 3.05) is 10.6 Å². The van der Waals surface area contributed by atoms with Gasteiger partial charge in [-0.05, 0) is 42.8 Å². The van der Waals surface area contributed by atoms with Crippen molar-refractivity contribution in [3.63, 3.8) is 0 Å². The first kappa shape index (κ1) is 20.4. The van der Waals surface area contributed by atoms with Crippen LogP contribution in [-0.2, 0) is 11.2 Å². The van der Waals surface area contributed by atoms with Crippen molar-refractivity contribution >= 4 is 23.4 Å². The van der Waals surface area contributed by atoms with E-state index in [1.54, 1.807) is 18.3 Å². The zero-order valence-corrected chi connectivity index (χ0v) is 17.6. The molecule has 3 aliphatic rings. The number of carbonyl (C=O) groups is 2. The highest BCUT2D eigenvalue weighted by molar-refractivity contribution is 5.93. The topological polar surface area (TPSA) is 102 Å². The monoisotopic (exact) mass is 464 g/mol. The molecule has 0 saturated heterocycles. The lowest BCUT2D eigenvalue weighted by Crippen LogP contribution is -2.34. The molecule has 2 aromatic carbocycles. The number of halogens is 2. The number of urea groups is 1. The fraction of sp³-hybridized carbons (Fsp3) is 0.208. The molecule has 10 heteroatoms. The number of rotatable bonds is 4. The Morgan fingerprint density at radius 2 is 2.06 bits per heavy atom. The smallest absolute Gasteiger partial charge is 0.319 e. The van der Waals surface area contributed by atoms with Crippen LogP contribution in [0.2, 0.25) is 0 Å². The van der Waals surface area contributed by atoms with E-state index in [-0.39, 0.29) is 29.7 Å². The molecule has 3 amide bonds.